The molecule has 2 rings (SSSR count). The van der Waals surface area contributed by atoms with E-state index in [9.17, 15) is 0 Å². The number of H-pyrrole nitrogens is 1. The third-order valence-corrected chi connectivity index (χ3v) is 2.71. The third-order valence-electron chi connectivity index (χ3n) is 2.71. The van der Waals surface area contributed by atoms with E-state index in [1.807, 2.05) is 32.0 Å². The van der Waals surface area contributed by atoms with Crippen LogP contribution in [0.2, 0.25) is 0 Å². The SMILES string of the molecule is CCC(C)(C)Oc1nc2ccc(N)cc2[nH]1. The van der Waals surface area contributed by atoms with Gasteiger partial charge < -0.3 is 15.5 Å². The average molecular weight is 219 g/mol. The van der Waals surface area contributed by atoms with Gasteiger partial charge in [-0.05, 0) is 38.5 Å². The molecule has 0 unspecified atom stereocenters. The van der Waals surface area contributed by atoms with Crippen molar-refractivity contribution < 1.29 is 4.74 Å². The number of nitrogens with two attached hydrogens (primary N) is 1. The van der Waals surface area contributed by atoms with Crippen LogP contribution in [0.25, 0.3) is 11.0 Å². The number of hydrogen-bond donors (Lipinski definition) is 2. The second-order valence-electron chi connectivity index (χ2n) is 4.53. The van der Waals surface area contributed by atoms with Crippen LogP contribution in [0, 0.1) is 0 Å². The second kappa shape index (κ2) is 3.70. The van der Waals surface area contributed by atoms with E-state index in [4.69, 9.17) is 10.5 Å². The van der Waals surface area contributed by atoms with Crippen LogP contribution >= 0.6 is 0 Å². The zero-order valence-corrected chi connectivity index (χ0v) is 9.87. The van der Waals surface area contributed by atoms with Gasteiger partial charge in [-0.3, -0.25) is 0 Å². The predicted molar refractivity (Wildman–Crippen MR) is 65.5 cm³/mol. The van der Waals surface area contributed by atoms with E-state index in [2.05, 4.69) is 16.9 Å². The van der Waals surface area contributed by atoms with Crippen LogP contribution in [0.15, 0.2) is 18.2 Å². The second-order valence-corrected chi connectivity index (χ2v) is 4.53. The molecule has 0 aliphatic carbocycles. The molecule has 4 heteroatoms. The summed E-state index contributed by atoms with van der Waals surface area (Å²) in [5, 5.41) is 0. The Morgan fingerprint density at radius 1 is 1.44 bits per heavy atom. The van der Waals surface area contributed by atoms with Gasteiger partial charge in [-0.15, -0.1) is 0 Å². The molecule has 0 amide bonds. The van der Waals surface area contributed by atoms with Crippen molar-refractivity contribution in [3.05, 3.63) is 18.2 Å². The molecule has 1 aromatic heterocycles. The topological polar surface area (TPSA) is 63.9 Å². The third kappa shape index (κ3) is 2.10. The number of ether oxygens (including phenoxy) is 1. The maximum Gasteiger partial charge on any atom is 0.295 e. The van der Waals surface area contributed by atoms with Crippen molar-refractivity contribution in [2.24, 2.45) is 0 Å². The first-order valence-corrected chi connectivity index (χ1v) is 5.44. The Labute approximate surface area is 94.8 Å². The number of rotatable bonds is 3. The van der Waals surface area contributed by atoms with Crippen molar-refractivity contribution in [3.63, 3.8) is 0 Å². The van der Waals surface area contributed by atoms with E-state index < -0.39 is 0 Å². The number of nitrogen functional groups attached to an aromatic ring is 1. The summed E-state index contributed by atoms with van der Waals surface area (Å²) in [6, 6.07) is 6.12. The number of nitrogens with zero attached hydrogens (tertiary/aromatic N) is 1. The Kier molecular flexibility index (Phi) is 2.50. The maximum absolute atomic E-state index is 5.77. The molecule has 0 aliphatic rings. The Hall–Kier alpha value is -1.71. The van der Waals surface area contributed by atoms with Gasteiger partial charge in [0.25, 0.3) is 6.01 Å². The van der Waals surface area contributed by atoms with Gasteiger partial charge in [0.1, 0.15) is 5.60 Å². The minimum atomic E-state index is -0.209. The lowest BCUT2D eigenvalue weighted by Gasteiger charge is -2.22. The molecule has 0 atom stereocenters. The van der Waals surface area contributed by atoms with Gasteiger partial charge in [-0.1, -0.05) is 6.92 Å². The summed E-state index contributed by atoms with van der Waals surface area (Å²) >= 11 is 0. The number of aromatic amines is 1. The number of anilines is 1. The summed E-state index contributed by atoms with van der Waals surface area (Å²) in [7, 11) is 0. The molecular weight excluding hydrogens is 202 g/mol. The van der Waals surface area contributed by atoms with Gasteiger partial charge in [-0.2, -0.15) is 4.98 Å². The van der Waals surface area contributed by atoms with Crippen molar-refractivity contribution in [2.75, 3.05) is 5.73 Å². The molecule has 0 fully saturated rings. The number of nitrogens with one attached hydrogen (secondary N) is 1. The number of benzene rings is 1. The van der Waals surface area contributed by atoms with Gasteiger partial charge in [0.2, 0.25) is 0 Å². The molecule has 1 heterocycles. The molecule has 0 bridgehead atoms. The lowest BCUT2D eigenvalue weighted by molar-refractivity contribution is 0.0942. The standard InChI is InChI=1S/C12H17N3O/c1-4-12(2,3)16-11-14-9-6-5-8(13)7-10(9)15-11/h5-7H,4,13H2,1-3H3,(H,14,15). The molecule has 0 saturated heterocycles. The van der Waals surface area contributed by atoms with Gasteiger partial charge in [-0.25, -0.2) is 0 Å². The molecule has 0 radical (unpaired) electrons. The van der Waals surface area contributed by atoms with Crippen molar-refractivity contribution in [1.82, 2.24) is 9.97 Å². The van der Waals surface area contributed by atoms with Crippen LogP contribution in [0.5, 0.6) is 6.01 Å². The molecule has 16 heavy (non-hydrogen) atoms. The lowest BCUT2D eigenvalue weighted by Crippen LogP contribution is -2.27. The highest BCUT2D eigenvalue weighted by Gasteiger charge is 2.18. The molecule has 0 aliphatic heterocycles. The zero-order chi connectivity index (χ0) is 11.8. The van der Waals surface area contributed by atoms with Crippen molar-refractivity contribution in [1.29, 1.82) is 0 Å². The van der Waals surface area contributed by atoms with E-state index >= 15 is 0 Å². The summed E-state index contributed by atoms with van der Waals surface area (Å²) in [5.74, 6) is 0. The van der Waals surface area contributed by atoms with Crippen molar-refractivity contribution in [3.8, 4) is 6.01 Å². The number of aromatic nitrogens is 2. The van der Waals surface area contributed by atoms with Gasteiger partial charge in [0.15, 0.2) is 0 Å². The van der Waals surface area contributed by atoms with Crippen LogP contribution in [0.3, 0.4) is 0 Å². The average Bonchev–Trinajstić information content (AvgIpc) is 2.58. The largest absolute Gasteiger partial charge is 0.459 e. The summed E-state index contributed by atoms with van der Waals surface area (Å²) in [6.45, 7) is 6.16. The van der Waals surface area contributed by atoms with E-state index in [0.29, 0.717) is 6.01 Å². The van der Waals surface area contributed by atoms with Gasteiger partial charge in [0.05, 0.1) is 11.0 Å². The van der Waals surface area contributed by atoms with Crippen LogP contribution in [-0.2, 0) is 0 Å². The Balaban J connectivity index is 2.33. The Bertz CT molecular complexity index is 502. The van der Waals surface area contributed by atoms with E-state index in [1.54, 1.807) is 0 Å². The quantitative estimate of drug-likeness (QED) is 0.780. The van der Waals surface area contributed by atoms with Gasteiger partial charge >= 0.3 is 0 Å². The summed E-state index contributed by atoms with van der Waals surface area (Å²) in [6.07, 6.45) is 0.923. The molecule has 2 aromatic rings. The summed E-state index contributed by atoms with van der Waals surface area (Å²) < 4.78 is 5.77. The normalized spacial score (nSPS) is 11.9. The molecule has 4 nitrogen and oxygen atoms in total. The fraction of sp³-hybridized carbons (Fsp3) is 0.417. The first kappa shape index (κ1) is 10.8. The number of hydrogen-bond acceptors (Lipinski definition) is 3. The Morgan fingerprint density at radius 2 is 2.19 bits per heavy atom. The monoisotopic (exact) mass is 219 g/mol. The molecule has 86 valence electrons. The number of imidazole rings is 1. The minimum Gasteiger partial charge on any atom is -0.459 e. The summed E-state index contributed by atoms with van der Waals surface area (Å²) in [5.41, 5.74) is 7.98. The first-order valence-electron chi connectivity index (χ1n) is 5.44. The maximum atomic E-state index is 5.77. The van der Waals surface area contributed by atoms with Crippen molar-refractivity contribution >= 4 is 16.7 Å². The smallest absolute Gasteiger partial charge is 0.295 e. The first-order chi connectivity index (χ1) is 7.50. The van der Waals surface area contributed by atoms with E-state index in [1.165, 1.54) is 0 Å². The van der Waals surface area contributed by atoms with E-state index in [-0.39, 0.29) is 5.60 Å². The van der Waals surface area contributed by atoms with Crippen molar-refractivity contribution in [2.45, 2.75) is 32.8 Å². The van der Waals surface area contributed by atoms with E-state index in [0.717, 1.165) is 23.1 Å². The fourth-order valence-electron chi connectivity index (χ4n) is 1.39. The highest BCUT2D eigenvalue weighted by atomic mass is 16.5. The van der Waals surface area contributed by atoms with Crippen LogP contribution in [0.1, 0.15) is 27.2 Å². The lowest BCUT2D eigenvalue weighted by atomic mass is 10.1. The molecule has 1 aromatic carbocycles. The van der Waals surface area contributed by atoms with Crippen LogP contribution in [0.4, 0.5) is 5.69 Å². The van der Waals surface area contributed by atoms with Crippen LogP contribution < -0.4 is 10.5 Å². The Morgan fingerprint density at radius 3 is 2.88 bits per heavy atom. The number of fused-ring (bicyclic) bond motifs is 1. The molecule has 3 N–H and O–H groups in total. The molecule has 0 spiro atoms. The predicted octanol–water partition coefficient (Wildman–Crippen LogP) is 2.71. The molecular formula is C12H17N3O. The minimum absolute atomic E-state index is 0.209. The molecule has 0 saturated carbocycles. The zero-order valence-electron chi connectivity index (χ0n) is 9.87. The fourth-order valence-corrected chi connectivity index (χ4v) is 1.39. The van der Waals surface area contributed by atoms with Gasteiger partial charge in [0, 0.05) is 5.69 Å². The highest BCUT2D eigenvalue weighted by Crippen LogP contribution is 2.22. The summed E-state index contributed by atoms with van der Waals surface area (Å²) in [4.78, 5) is 7.47. The van der Waals surface area contributed by atoms with Crippen LogP contribution in [-0.4, -0.2) is 15.6 Å². The highest BCUT2D eigenvalue weighted by molar-refractivity contribution is 5.79.